The zero-order valence-electron chi connectivity index (χ0n) is 14.6. The van der Waals surface area contributed by atoms with Gasteiger partial charge in [-0.15, -0.1) is 0 Å². The molecule has 0 radical (unpaired) electrons. The lowest BCUT2D eigenvalue weighted by Gasteiger charge is -2.31. The number of nitrogens with one attached hydrogen (secondary N) is 1. The number of hydrogen-bond donors (Lipinski definition) is 1. The van der Waals surface area contributed by atoms with Crippen molar-refractivity contribution in [3.63, 3.8) is 0 Å². The van der Waals surface area contributed by atoms with Gasteiger partial charge < -0.3 is 14.5 Å². The van der Waals surface area contributed by atoms with Gasteiger partial charge in [0.15, 0.2) is 11.6 Å². The van der Waals surface area contributed by atoms with Gasteiger partial charge in [-0.05, 0) is 37.6 Å². The molecular weight excluding hydrogens is 342 g/mol. The molecule has 1 N–H and O–H groups in total. The highest BCUT2D eigenvalue weighted by Gasteiger charge is 2.26. The minimum absolute atomic E-state index is 0.0553. The van der Waals surface area contributed by atoms with E-state index >= 15 is 0 Å². The van der Waals surface area contributed by atoms with E-state index in [9.17, 15) is 13.6 Å². The van der Waals surface area contributed by atoms with E-state index in [1.807, 2.05) is 12.1 Å². The summed E-state index contributed by atoms with van der Waals surface area (Å²) in [6, 6.07) is 6.52. The standard InChI is InChI=1S/C19H22F2N2O3/c1-25-16-7-6-13(17(20)18(16)21)10-22-19(24)14-4-2-8-23(11-14)12-15-5-3-9-26-15/h3,5-7,9,14H,2,4,8,10-12H2,1H3,(H,22,24)/t14-/m1/s1. The zero-order chi connectivity index (χ0) is 18.5. The van der Waals surface area contributed by atoms with Crippen molar-refractivity contribution < 1.29 is 22.7 Å². The summed E-state index contributed by atoms with van der Waals surface area (Å²) >= 11 is 0. The van der Waals surface area contributed by atoms with Crippen LogP contribution in [0.3, 0.4) is 0 Å². The Bertz CT molecular complexity index is 749. The number of halogens is 2. The summed E-state index contributed by atoms with van der Waals surface area (Å²) in [6.07, 6.45) is 3.32. The molecule has 0 bridgehead atoms. The smallest absolute Gasteiger partial charge is 0.224 e. The summed E-state index contributed by atoms with van der Waals surface area (Å²) in [5.41, 5.74) is 0.0971. The molecule has 140 valence electrons. The number of ether oxygens (including phenoxy) is 1. The van der Waals surface area contributed by atoms with Gasteiger partial charge in [0.1, 0.15) is 5.76 Å². The molecular formula is C19H22F2N2O3. The average molecular weight is 364 g/mol. The highest BCUT2D eigenvalue weighted by Crippen LogP contribution is 2.23. The van der Waals surface area contributed by atoms with Crippen LogP contribution >= 0.6 is 0 Å². The molecule has 0 spiro atoms. The van der Waals surface area contributed by atoms with Crippen molar-refractivity contribution in [2.75, 3.05) is 20.2 Å². The first-order valence-electron chi connectivity index (χ1n) is 8.61. The number of piperidine rings is 1. The maximum atomic E-state index is 14.0. The second kappa shape index (κ2) is 8.31. The van der Waals surface area contributed by atoms with Crippen LogP contribution in [-0.4, -0.2) is 31.0 Å². The van der Waals surface area contributed by atoms with Gasteiger partial charge >= 0.3 is 0 Å². The van der Waals surface area contributed by atoms with Crippen LogP contribution in [0.25, 0.3) is 0 Å². The molecule has 1 aromatic carbocycles. The molecule has 1 atom stereocenters. The van der Waals surface area contributed by atoms with E-state index in [1.165, 1.54) is 19.2 Å². The van der Waals surface area contributed by atoms with E-state index in [1.54, 1.807) is 6.26 Å². The number of rotatable bonds is 6. The molecule has 1 fully saturated rings. The lowest BCUT2D eigenvalue weighted by molar-refractivity contribution is -0.127. The summed E-state index contributed by atoms with van der Waals surface area (Å²) in [4.78, 5) is 14.6. The van der Waals surface area contributed by atoms with Gasteiger partial charge in [0, 0.05) is 18.7 Å². The first kappa shape index (κ1) is 18.4. The minimum Gasteiger partial charge on any atom is -0.494 e. The summed E-state index contributed by atoms with van der Waals surface area (Å²) < 4.78 is 37.8. The third-order valence-electron chi connectivity index (χ3n) is 4.64. The zero-order valence-corrected chi connectivity index (χ0v) is 14.6. The van der Waals surface area contributed by atoms with Crippen molar-refractivity contribution in [3.8, 4) is 5.75 Å². The Morgan fingerprint density at radius 2 is 2.19 bits per heavy atom. The molecule has 0 aliphatic carbocycles. The molecule has 1 aliphatic heterocycles. The number of carbonyl (C=O) groups excluding carboxylic acids is 1. The monoisotopic (exact) mass is 364 g/mol. The van der Waals surface area contributed by atoms with Gasteiger partial charge in [-0.3, -0.25) is 9.69 Å². The van der Waals surface area contributed by atoms with Crippen LogP contribution in [0.15, 0.2) is 34.9 Å². The Balaban J connectivity index is 1.55. The number of furan rings is 1. The van der Waals surface area contributed by atoms with Crippen molar-refractivity contribution in [3.05, 3.63) is 53.5 Å². The number of benzene rings is 1. The van der Waals surface area contributed by atoms with Crippen LogP contribution in [0.1, 0.15) is 24.2 Å². The number of hydrogen-bond acceptors (Lipinski definition) is 4. The van der Waals surface area contributed by atoms with Gasteiger partial charge in [-0.1, -0.05) is 6.07 Å². The van der Waals surface area contributed by atoms with Crippen LogP contribution < -0.4 is 10.1 Å². The molecule has 5 nitrogen and oxygen atoms in total. The molecule has 1 amide bonds. The van der Waals surface area contributed by atoms with E-state index in [2.05, 4.69) is 10.2 Å². The summed E-state index contributed by atoms with van der Waals surface area (Å²) in [5.74, 6) is -1.65. The van der Waals surface area contributed by atoms with Gasteiger partial charge in [-0.2, -0.15) is 4.39 Å². The molecule has 1 aliphatic rings. The topological polar surface area (TPSA) is 54.7 Å². The second-order valence-corrected chi connectivity index (χ2v) is 6.43. The predicted molar refractivity (Wildman–Crippen MR) is 91.5 cm³/mol. The van der Waals surface area contributed by atoms with E-state index in [0.29, 0.717) is 13.1 Å². The lowest BCUT2D eigenvalue weighted by Crippen LogP contribution is -2.42. The van der Waals surface area contributed by atoms with Crippen molar-refractivity contribution in [2.24, 2.45) is 5.92 Å². The number of carbonyl (C=O) groups is 1. The molecule has 26 heavy (non-hydrogen) atoms. The lowest BCUT2D eigenvalue weighted by atomic mass is 9.97. The fourth-order valence-electron chi connectivity index (χ4n) is 3.23. The molecule has 0 saturated carbocycles. The Labute approximate surface area is 150 Å². The largest absolute Gasteiger partial charge is 0.494 e. The Morgan fingerprint density at radius 1 is 1.35 bits per heavy atom. The number of likely N-dealkylation sites (tertiary alicyclic amines) is 1. The Kier molecular flexibility index (Phi) is 5.88. The maximum absolute atomic E-state index is 14.0. The van der Waals surface area contributed by atoms with Crippen molar-refractivity contribution in [1.29, 1.82) is 0 Å². The number of methoxy groups -OCH3 is 1. The number of nitrogens with zero attached hydrogens (tertiary/aromatic N) is 1. The first-order valence-corrected chi connectivity index (χ1v) is 8.61. The van der Waals surface area contributed by atoms with E-state index < -0.39 is 11.6 Å². The third-order valence-corrected chi connectivity index (χ3v) is 4.64. The fourth-order valence-corrected chi connectivity index (χ4v) is 3.23. The maximum Gasteiger partial charge on any atom is 0.224 e. The highest BCUT2D eigenvalue weighted by molar-refractivity contribution is 5.79. The first-order chi connectivity index (χ1) is 12.6. The predicted octanol–water partition coefficient (Wildman–Crippen LogP) is 3.09. The van der Waals surface area contributed by atoms with Gasteiger partial charge in [-0.25, -0.2) is 4.39 Å². The van der Waals surface area contributed by atoms with Crippen molar-refractivity contribution in [1.82, 2.24) is 10.2 Å². The van der Waals surface area contributed by atoms with Gasteiger partial charge in [0.25, 0.3) is 0 Å². The molecule has 7 heteroatoms. The van der Waals surface area contributed by atoms with Crippen LogP contribution in [0, 0.1) is 17.6 Å². The molecule has 1 saturated heterocycles. The average Bonchev–Trinajstić information content (AvgIpc) is 3.16. The SMILES string of the molecule is COc1ccc(CNC(=O)[C@@H]2CCCN(Cc3ccco3)C2)c(F)c1F. The molecule has 2 heterocycles. The number of amides is 1. The summed E-state index contributed by atoms with van der Waals surface area (Å²) in [6.45, 7) is 2.13. The third kappa shape index (κ3) is 4.22. The Hall–Kier alpha value is -2.41. The molecule has 0 unspecified atom stereocenters. The normalized spacial score (nSPS) is 17.9. The molecule has 2 aromatic rings. The van der Waals surface area contributed by atoms with E-state index in [0.717, 1.165) is 25.1 Å². The van der Waals surface area contributed by atoms with Crippen LogP contribution in [0.2, 0.25) is 0 Å². The van der Waals surface area contributed by atoms with Gasteiger partial charge in [0.2, 0.25) is 11.7 Å². The summed E-state index contributed by atoms with van der Waals surface area (Å²) in [5, 5.41) is 2.72. The fraction of sp³-hybridized carbons (Fsp3) is 0.421. The van der Waals surface area contributed by atoms with Crippen LogP contribution in [-0.2, 0) is 17.9 Å². The summed E-state index contributed by atoms with van der Waals surface area (Å²) in [7, 11) is 1.27. The Morgan fingerprint density at radius 3 is 2.92 bits per heavy atom. The van der Waals surface area contributed by atoms with Crippen LogP contribution in [0.4, 0.5) is 8.78 Å². The minimum atomic E-state index is -1.04. The second-order valence-electron chi connectivity index (χ2n) is 6.43. The van der Waals surface area contributed by atoms with Crippen LogP contribution in [0.5, 0.6) is 5.75 Å². The quantitative estimate of drug-likeness (QED) is 0.856. The van der Waals surface area contributed by atoms with E-state index in [-0.39, 0.29) is 29.7 Å². The molecule has 1 aromatic heterocycles. The van der Waals surface area contributed by atoms with Crippen molar-refractivity contribution in [2.45, 2.75) is 25.9 Å². The highest BCUT2D eigenvalue weighted by atomic mass is 19.2. The van der Waals surface area contributed by atoms with Crippen molar-refractivity contribution >= 4 is 5.91 Å². The molecule has 3 rings (SSSR count). The van der Waals surface area contributed by atoms with Gasteiger partial charge in [0.05, 0.1) is 25.8 Å². The van der Waals surface area contributed by atoms with E-state index in [4.69, 9.17) is 9.15 Å².